The van der Waals surface area contributed by atoms with E-state index in [1.807, 2.05) is 0 Å². The zero-order chi connectivity index (χ0) is 13.0. The minimum atomic E-state index is -1.12. The van der Waals surface area contributed by atoms with Gasteiger partial charge < -0.3 is 15.1 Å². The SMILES string of the molecule is CC(=NO)c1ccc(OCC(=O)O)c(Cl)c1Cl. The van der Waals surface area contributed by atoms with Crippen LogP contribution in [0.4, 0.5) is 0 Å². The summed E-state index contributed by atoms with van der Waals surface area (Å²) in [5.41, 5.74) is 0.739. The number of hydrogen-bond acceptors (Lipinski definition) is 4. The number of carboxylic acids is 1. The van der Waals surface area contributed by atoms with Crippen LogP contribution in [-0.2, 0) is 4.79 Å². The molecule has 0 saturated carbocycles. The summed E-state index contributed by atoms with van der Waals surface area (Å²) in [4.78, 5) is 10.3. The molecule has 0 aromatic heterocycles. The molecule has 5 nitrogen and oxygen atoms in total. The summed E-state index contributed by atoms with van der Waals surface area (Å²) in [6, 6.07) is 2.99. The van der Waals surface area contributed by atoms with Gasteiger partial charge >= 0.3 is 5.97 Å². The second-order valence-corrected chi connectivity index (χ2v) is 3.86. The lowest BCUT2D eigenvalue weighted by Crippen LogP contribution is -2.10. The Hall–Kier alpha value is -1.46. The summed E-state index contributed by atoms with van der Waals surface area (Å²) in [6.45, 7) is 1.04. The maximum Gasteiger partial charge on any atom is 0.341 e. The molecule has 0 fully saturated rings. The van der Waals surface area contributed by atoms with Gasteiger partial charge in [0.1, 0.15) is 10.8 Å². The minimum absolute atomic E-state index is 0.0772. The number of nitrogens with zero attached hydrogens (tertiary/aromatic N) is 1. The van der Waals surface area contributed by atoms with E-state index in [0.29, 0.717) is 11.3 Å². The largest absolute Gasteiger partial charge is 0.480 e. The Labute approximate surface area is 107 Å². The zero-order valence-corrected chi connectivity index (χ0v) is 10.3. The summed E-state index contributed by atoms with van der Waals surface area (Å²) in [5.74, 6) is -0.956. The molecule has 92 valence electrons. The Kier molecular flexibility index (Phi) is 4.60. The lowest BCUT2D eigenvalue weighted by molar-refractivity contribution is -0.139. The highest BCUT2D eigenvalue weighted by molar-refractivity contribution is 6.44. The van der Waals surface area contributed by atoms with Crippen molar-refractivity contribution in [1.29, 1.82) is 0 Å². The fourth-order valence-electron chi connectivity index (χ4n) is 1.12. The van der Waals surface area contributed by atoms with Gasteiger partial charge in [-0.05, 0) is 19.1 Å². The van der Waals surface area contributed by atoms with E-state index in [2.05, 4.69) is 5.16 Å². The standard InChI is InChI=1S/C10H9Cl2NO4/c1-5(13-16)6-2-3-7(10(12)9(6)11)17-4-8(14)15/h2-3,16H,4H2,1H3,(H,14,15). The summed E-state index contributed by atoms with van der Waals surface area (Å²) >= 11 is 11.8. The molecule has 0 aliphatic heterocycles. The van der Waals surface area contributed by atoms with Gasteiger partial charge in [-0.3, -0.25) is 0 Å². The Bertz CT molecular complexity index is 474. The molecule has 0 aliphatic carbocycles. The van der Waals surface area contributed by atoms with Crippen molar-refractivity contribution >= 4 is 34.9 Å². The van der Waals surface area contributed by atoms with E-state index in [1.165, 1.54) is 12.1 Å². The monoisotopic (exact) mass is 277 g/mol. The zero-order valence-electron chi connectivity index (χ0n) is 8.78. The van der Waals surface area contributed by atoms with Crippen LogP contribution < -0.4 is 4.74 Å². The molecule has 1 rings (SSSR count). The van der Waals surface area contributed by atoms with Crippen LogP contribution in [0.15, 0.2) is 17.3 Å². The number of ether oxygens (including phenoxy) is 1. The number of aliphatic carboxylic acids is 1. The quantitative estimate of drug-likeness (QED) is 0.504. The number of carboxylic acid groups (broad SMARTS) is 1. The molecule has 0 atom stereocenters. The average molecular weight is 278 g/mol. The molecule has 0 radical (unpaired) electrons. The van der Waals surface area contributed by atoms with E-state index in [4.69, 9.17) is 38.3 Å². The van der Waals surface area contributed by atoms with Crippen molar-refractivity contribution in [3.05, 3.63) is 27.7 Å². The Morgan fingerprint density at radius 2 is 2.06 bits per heavy atom. The molecular formula is C10H9Cl2NO4. The lowest BCUT2D eigenvalue weighted by atomic mass is 10.1. The fraction of sp³-hybridized carbons (Fsp3) is 0.200. The van der Waals surface area contributed by atoms with Crippen molar-refractivity contribution in [2.45, 2.75) is 6.92 Å². The highest BCUT2D eigenvalue weighted by atomic mass is 35.5. The molecule has 0 heterocycles. The molecule has 0 amide bonds. The van der Waals surface area contributed by atoms with Gasteiger partial charge in [0.05, 0.1) is 10.7 Å². The third-order valence-electron chi connectivity index (χ3n) is 1.94. The van der Waals surface area contributed by atoms with Crippen molar-refractivity contribution in [3.8, 4) is 5.75 Å². The molecule has 0 bridgehead atoms. The van der Waals surface area contributed by atoms with Gasteiger partial charge in [-0.2, -0.15) is 0 Å². The van der Waals surface area contributed by atoms with E-state index < -0.39 is 12.6 Å². The molecular weight excluding hydrogens is 269 g/mol. The Morgan fingerprint density at radius 3 is 2.59 bits per heavy atom. The Morgan fingerprint density at radius 1 is 1.41 bits per heavy atom. The first-order valence-corrected chi connectivity index (χ1v) is 5.24. The van der Waals surface area contributed by atoms with Gasteiger partial charge in [-0.15, -0.1) is 0 Å². The average Bonchev–Trinajstić information content (AvgIpc) is 2.30. The molecule has 0 saturated heterocycles. The third-order valence-corrected chi connectivity index (χ3v) is 2.80. The van der Waals surface area contributed by atoms with Crippen LogP contribution in [0.2, 0.25) is 10.0 Å². The van der Waals surface area contributed by atoms with Gasteiger partial charge in [0.2, 0.25) is 0 Å². The highest BCUT2D eigenvalue weighted by Gasteiger charge is 2.13. The van der Waals surface area contributed by atoms with Crippen molar-refractivity contribution in [2.24, 2.45) is 5.16 Å². The molecule has 0 unspecified atom stereocenters. The van der Waals surface area contributed by atoms with Crippen LogP contribution in [0.1, 0.15) is 12.5 Å². The number of oxime groups is 1. The van der Waals surface area contributed by atoms with Crippen LogP contribution >= 0.6 is 23.2 Å². The van der Waals surface area contributed by atoms with Crippen LogP contribution in [0.25, 0.3) is 0 Å². The maximum atomic E-state index is 10.3. The van der Waals surface area contributed by atoms with Crippen molar-refractivity contribution in [1.82, 2.24) is 0 Å². The molecule has 17 heavy (non-hydrogen) atoms. The molecule has 0 spiro atoms. The smallest absolute Gasteiger partial charge is 0.341 e. The lowest BCUT2D eigenvalue weighted by Gasteiger charge is -2.09. The first-order valence-electron chi connectivity index (χ1n) is 4.49. The van der Waals surface area contributed by atoms with Gasteiger partial charge in [-0.25, -0.2) is 4.79 Å². The predicted octanol–water partition coefficient (Wildman–Crippen LogP) is 2.66. The van der Waals surface area contributed by atoms with E-state index in [-0.39, 0.29) is 15.8 Å². The van der Waals surface area contributed by atoms with Crippen molar-refractivity contribution < 1.29 is 19.8 Å². The van der Waals surface area contributed by atoms with Crippen LogP contribution in [0, 0.1) is 0 Å². The third kappa shape index (κ3) is 3.25. The maximum absolute atomic E-state index is 10.3. The van der Waals surface area contributed by atoms with E-state index in [1.54, 1.807) is 6.92 Å². The first-order chi connectivity index (χ1) is 7.97. The molecule has 1 aromatic carbocycles. The van der Waals surface area contributed by atoms with Crippen molar-refractivity contribution in [3.63, 3.8) is 0 Å². The van der Waals surface area contributed by atoms with E-state index in [0.717, 1.165) is 0 Å². The Balaban J connectivity index is 3.06. The number of hydrogen-bond donors (Lipinski definition) is 2. The van der Waals surface area contributed by atoms with Crippen molar-refractivity contribution in [2.75, 3.05) is 6.61 Å². The first kappa shape index (κ1) is 13.6. The normalized spacial score (nSPS) is 11.4. The second kappa shape index (κ2) is 5.75. The van der Waals surface area contributed by atoms with Gasteiger partial charge in [0.15, 0.2) is 6.61 Å². The summed E-state index contributed by atoms with van der Waals surface area (Å²) in [7, 11) is 0. The van der Waals surface area contributed by atoms with E-state index in [9.17, 15) is 4.79 Å². The molecule has 7 heteroatoms. The van der Waals surface area contributed by atoms with Gasteiger partial charge in [0.25, 0.3) is 0 Å². The predicted molar refractivity (Wildman–Crippen MR) is 63.6 cm³/mol. The number of halogens is 2. The summed E-state index contributed by atoms with van der Waals surface area (Å²) in [5, 5.41) is 20.3. The number of benzene rings is 1. The highest BCUT2D eigenvalue weighted by Crippen LogP contribution is 2.34. The summed E-state index contributed by atoms with van der Waals surface area (Å²) in [6.07, 6.45) is 0. The van der Waals surface area contributed by atoms with Gasteiger partial charge in [0, 0.05) is 5.56 Å². The van der Waals surface area contributed by atoms with Crippen LogP contribution in [0.5, 0.6) is 5.75 Å². The number of rotatable bonds is 4. The van der Waals surface area contributed by atoms with Crippen LogP contribution in [-0.4, -0.2) is 28.6 Å². The summed E-state index contributed by atoms with van der Waals surface area (Å²) < 4.78 is 4.93. The second-order valence-electron chi connectivity index (χ2n) is 3.11. The van der Waals surface area contributed by atoms with Crippen LogP contribution in [0.3, 0.4) is 0 Å². The van der Waals surface area contributed by atoms with E-state index >= 15 is 0 Å². The molecule has 0 aliphatic rings. The molecule has 1 aromatic rings. The molecule has 2 N–H and O–H groups in total. The number of carbonyl (C=O) groups is 1. The topological polar surface area (TPSA) is 79.1 Å². The van der Waals surface area contributed by atoms with Gasteiger partial charge in [-0.1, -0.05) is 28.4 Å². The minimum Gasteiger partial charge on any atom is -0.480 e. The fourth-order valence-corrected chi connectivity index (χ4v) is 1.63.